The molecule has 1 fully saturated rings. The van der Waals surface area contributed by atoms with Crippen molar-refractivity contribution in [2.45, 2.75) is 6.42 Å². The van der Waals surface area contributed by atoms with Crippen molar-refractivity contribution in [3.8, 4) is 0 Å². The van der Waals surface area contributed by atoms with Crippen molar-refractivity contribution in [2.75, 3.05) is 32.8 Å². The van der Waals surface area contributed by atoms with E-state index in [4.69, 9.17) is 10.5 Å². The number of hydrogen-bond acceptors (Lipinski definition) is 4. The molecule has 0 aliphatic carbocycles. The van der Waals surface area contributed by atoms with Crippen molar-refractivity contribution < 1.29 is 9.53 Å². The van der Waals surface area contributed by atoms with E-state index in [-0.39, 0.29) is 0 Å². The van der Waals surface area contributed by atoms with Crippen LogP contribution in [0.25, 0.3) is 10.9 Å². The molecule has 0 saturated carbocycles. The van der Waals surface area contributed by atoms with Crippen LogP contribution in [0.15, 0.2) is 30.3 Å². The second-order valence-electron chi connectivity index (χ2n) is 5.25. The Morgan fingerprint density at radius 1 is 1.29 bits per heavy atom. The number of pyridine rings is 1. The van der Waals surface area contributed by atoms with E-state index in [2.05, 4.69) is 9.88 Å². The van der Waals surface area contributed by atoms with Gasteiger partial charge in [0.1, 0.15) is 0 Å². The third-order valence-electron chi connectivity index (χ3n) is 3.82. The number of fused-ring (bicyclic) bond motifs is 1. The van der Waals surface area contributed by atoms with Crippen molar-refractivity contribution >= 4 is 16.8 Å². The minimum atomic E-state index is -0.402. The summed E-state index contributed by atoms with van der Waals surface area (Å²) in [5, 5.41) is 0.820. The van der Waals surface area contributed by atoms with Gasteiger partial charge in [0.15, 0.2) is 0 Å². The fraction of sp³-hybridized carbons (Fsp3) is 0.375. The van der Waals surface area contributed by atoms with Gasteiger partial charge in [-0.1, -0.05) is 18.2 Å². The number of nitrogens with two attached hydrogens (primary N) is 1. The third-order valence-corrected chi connectivity index (χ3v) is 3.82. The van der Waals surface area contributed by atoms with Gasteiger partial charge in [-0.2, -0.15) is 0 Å². The molecule has 1 aromatic heterocycles. The van der Waals surface area contributed by atoms with Crippen molar-refractivity contribution in [3.05, 3.63) is 41.6 Å². The molecule has 5 heteroatoms. The molecule has 2 heterocycles. The van der Waals surface area contributed by atoms with Gasteiger partial charge in [0.05, 0.1) is 24.3 Å². The molecule has 0 atom stereocenters. The molecule has 21 heavy (non-hydrogen) atoms. The first kappa shape index (κ1) is 14.0. The summed E-state index contributed by atoms with van der Waals surface area (Å²) in [6, 6.07) is 9.44. The van der Waals surface area contributed by atoms with E-state index >= 15 is 0 Å². The Balaban J connectivity index is 1.83. The van der Waals surface area contributed by atoms with Crippen molar-refractivity contribution in [1.82, 2.24) is 9.88 Å². The minimum Gasteiger partial charge on any atom is -0.379 e. The number of hydrogen-bond donors (Lipinski definition) is 1. The number of nitrogens with zero attached hydrogens (tertiary/aromatic N) is 2. The molecule has 1 aliphatic heterocycles. The van der Waals surface area contributed by atoms with E-state index in [9.17, 15) is 4.79 Å². The van der Waals surface area contributed by atoms with Gasteiger partial charge in [-0.25, -0.2) is 0 Å². The van der Waals surface area contributed by atoms with Crippen molar-refractivity contribution in [1.29, 1.82) is 0 Å². The lowest BCUT2D eigenvalue weighted by molar-refractivity contribution is 0.0383. The predicted octanol–water partition coefficient (Wildman–Crippen LogP) is 1.21. The lowest BCUT2D eigenvalue weighted by Gasteiger charge is -2.26. The van der Waals surface area contributed by atoms with E-state index in [0.717, 1.165) is 55.9 Å². The predicted molar refractivity (Wildman–Crippen MR) is 81.2 cm³/mol. The Kier molecular flexibility index (Phi) is 4.13. The highest BCUT2D eigenvalue weighted by Gasteiger charge is 2.13. The zero-order chi connectivity index (χ0) is 14.7. The SMILES string of the molecule is NC(=O)c1cc(CCN2CCOCC2)nc2ccccc12. The van der Waals surface area contributed by atoms with Gasteiger partial charge in [-0.05, 0) is 12.1 Å². The van der Waals surface area contributed by atoms with E-state index in [0.29, 0.717) is 5.56 Å². The van der Waals surface area contributed by atoms with Crippen LogP contribution in [0.5, 0.6) is 0 Å². The number of aromatic nitrogens is 1. The van der Waals surface area contributed by atoms with Gasteiger partial charge in [0, 0.05) is 37.1 Å². The lowest BCUT2D eigenvalue weighted by atomic mass is 10.1. The normalized spacial score (nSPS) is 16.2. The molecular formula is C16H19N3O2. The monoisotopic (exact) mass is 285 g/mol. The van der Waals surface area contributed by atoms with Gasteiger partial charge in [0.2, 0.25) is 5.91 Å². The lowest BCUT2D eigenvalue weighted by Crippen LogP contribution is -2.37. The summed E-state index contributed by atoms with van der Waals surface area (Å²) in [7, 11) is 0. The maximum Gasteiger partial charge on any atom is 0.249 e. The zero-order valence-corrected chi connectivity index (χ0v) is 11.9. The average Bonchev–Trinajstić information content (AvgIpc) is 2.53. The average molecular weight is 285 g/mol. The van der Waals surface area contributed by atoms with Crippen LogP contribution in [-0.2, 0) is 11.2 Å². The molecule has 1 saturated heterocycles. The van der Waals surface area contributed by atoms with Gasteiger partial charge < -0.3 is 10.5 Å². The highest BCUT2D eigenvalue weighted by Crippen LogP contribution is 2.18. The number of amides is 1. The van der Waals surface area contributed by atoms with Crippen molar-refractivity contribution in [2.24, 2.45) is 5.73 Å². The van der Waals surface area contributed by atoms with Crippen LogP contribution in [0.4, 0.5) is 0 Å². The molecular weight excluding hydrogens is 266 g/mol. The number of para-hydroxylation sites is 1. The third kappa shape index (κ3) is 3.20. The molecule has 2 aromatic rings. The number of morpholine rings is 1. The van der Waals surface area contributed by atoms with Crippen LogP contribution in [0.1, 0.15) is 16.1 Å². The fourth-order valence-electron chi connectivity index (χ4n) is 2.66. The Morgan fingerprint density at radius 3 is 2.81 bits per heavy atom. The molecule has 5 nitrogen and oxygen atoms in total. The molecule has 2 N–H and O–H groups in total. The summed E-state index contributed by atoms with van der Waals surface area (Å²) >= 11 is 0. The van der Waals surface area contributed by atoms with Crippen molar-refractivity contribution in [3.63, 3.8) is 0 Å². The highest BCUT2D eigenvalue weighted by atomic mass is 16.5. The number of primary amides is 1. The van der Waals surface area contributed by atoms with Gasteiger partial charge in [-0.15, -0.1) is 0 Å². The Hall–Kier alpha value is -1.98. The molecule has 3 rings (SSSR count). The van der Waals surface area contributed by atoms with Crippen LogP contribution >= 0.6 is 0 Å². The quantitative estimate of drug-likeness (QED) is 0.916. The van der Waals surface area contributed by atoms with Gasteiger partial charge in [-0.3, -0.25) is 14.7 Å². The smallest absolute Gasteiger partial charge is 0.249 e. The van der Waals surface area contributed by atoms with Gasteiger partial charge >= 0.3 is 0 Å². The topological polar surface area (TPSA) is 68.5 Å². The van der Waals surface area contributed by atoms with Crippen LogP contribution in [0.2, 0.25) is 0 Å². The van der Waals surface area contributed by atoms with E-state index in [1.165, 1.54) is 0 Å². The molecule has 110 valence electrons. The standard InChI is InChI=1S/C16H19N3O2/c17-16(20)14-11-12(5-6-19-7-9-21-10-8-19)18-15-4-2-1-3-13(14)15/h1-4,11H,5-10H2,(H2,17,20). The molecule has 1 aliphatic rings. The maximum absolute atomic E-state index is 11.6. The minimum absolute atomic E-state index is 0.402. The molecule has 1 amide bonds. The Morgan fingerprint density at radius 2 is 2.05 bits per heavy atom. The Labute approximate surface area is 123 Å². The number of rotatable bonds is 4. The summed E-state index contributed by atoms with van der Waals surface area (Å²) in [6.45, 7) is 4.41. The summed E-state index contributed by atoms with van der Waals surface area (Å²) < 4.78 is 5.34. The fourth-order valence-corrected chi connectivity index (χ4v) is 2.66. The summed E-state index contributed by atoms with van der Waals surface area (Å²) in [5.41, 5.74) is 7.78. The second kappa shape index (κ2) is 6.20. The van der Waals surface area contributed by atoms with Crippen LogP contribution in [0, 0.1) is 0 Å². The van der Waals surface area contributed by atoms with Crippen LogP contribution in [0.3, 0.4) is 0 Å². The van der Waals surface area contributed by atoms with Gasteiger partial charge in [0.25, 0.3) is 0 Å². The van der Waals surface area contributed by atoms with Crippen LogP contribution < -0.4 is 5.73 Å². The van der Waals surface area contributed by atoms with Crippen LogP contribution in [-0.4, -0.2) is 48.6 Å². The Bertz CT molecular complexity index is 651. The first-order valence-corrected chi connectivity index (χ1v) is 7.22. The number of carbonyl (C=O) groups excluding carboxylic acids is 1. The molecule has 0 radical (unpaired) electrons. The maximum atomic E-state index is 11.6. The molecule has 0 spiro atoms. The molecule has 0 unspecified atom stereocenters. The first-order chi connectivity index (χ1) is 10.2. The largest absolute Gasteiger partial charge is 0.379 e. The number of benzene rings is 1. The molecule has 0 bridgehead atoms. The van der Waals surface area contributed by atoms with E-state index in [1.54, 1.807) is 0 Å². The van der Waals surface area contributed by atoms with E-state index < -0.39 is 5.91 Å². The summed E-state index contributed by atoms with van der Waals surface area (Å²) in [5.74, 6) is -0.402. The number of carbonyl (C=O) groups is 1. The number of ether oxygens (including phenoxy) is 1. The summed E-state index contributed by atoms with van der Waals surface area (Å²) in [6.07, 6.45) is 0.811. The summed E-state index contributed by atoms with van der Waals surface area (Å²) in [4.78, 5) is 18.6. The second-order valence-corrected chi connectivity index (χ2v) is 5.25. The highest BCUT2D eigenvalue weighted by molar-refractivity contribution is 6.05. The van der Waals surface area contributed by atoms with E-state index in [1.807, 2.05) is 30.3 Å². The molecule has 1 aromatic carbocycles. The first-order valence-electron chi connectivity index (χ1n) is 7.22. The zero-order valence-electron chi connectivity index (χ0n) is 11.9.